The first kappa shape index (κ1) is 15.7. The summed E-state index contributed by atoms with van der Waals surface area (Å²) in [5.41, 5.74) is 0.555. The van der Waals surface area contributed by atoms with Crippen LogP contribution in [0.3, 0.4) is 0 Å². The Morgan fingerprint density at radius 1 is 1.20 bits per heavy atom. The zero-order chi connectivity index (χ0) is 17.6. The van der Waals surface area contributed by atoms with Crippen LogP contribution in [0.4, 0.5) is 24.8 Å². The Balaban J connectivity index is 1.81. The van der Waals surface area contributed by atoms with Gasteiger partial charge in [0.15, 0.2) is 0 Å². The molecule has 5 nitrogen and oxygen atoms in total. The van der Waals surface area contributed by atoms with E-state index < -0.39 is 11.7 Å². The highest BCUT2D eigenvalue weighted by atomic mass is 19.4. The topological polar surface area (TPSA) is 62.8 Å². The third-order valence-corrected chi connectivity index (χ3v) is 4.18. The third kappa shape index (κ3) is 2.88. The summed E-state index contributed by atoms with van der Waals surface area (Å²) < 4.78 is 45.0. The summed E-state index contributed by atoms with van der Waals surface area (Å²) in [5, 5.41) is 3.11. The molecule has 130 valence electrons. The molecule has 0 amide bonds. The molecule has 0 spiro atoms. The quantitative estimate of drug-likeness (QED) is 0.723. The van der Waals surface area contributed by atoms with Crippen molar-refractivity contribution in [3.05, 3.63) is 41.7 Å². The first-order chi connectivity index (χ1) is 12.0. The summed E-state index contributed by atoms with van der Waals surface area (Å²) in [6.45, 7) is 0. The molecular formula is C17H15F3N4O. The zero-order valence-electron chi connectivity index (χ0n) is 13.3. The maximum Gasteiger partial charge on any atom is 0.418 e. The van der Waals surface area contributed by atoms with Gasteiger partial charge in [-0.3, -0.25) is 0 Å². The van der Waals surface area contributed by atoms with Gasteiger partial charge in [-0.1, -0.05) is 12.1 Å². The van der Waals surface area contributed by atoms with Crippen LogP contribution in [-0.2, 0) is 6.18 Å². The number of nitrogens with zero attached hydrogens (tertiary/aromatic N) is 2. The van der Waals surface area contributed by atoms with Crippen LogP contribution in [0, 0.1) is 0 Å². The molecule has 1 aliphatic rings. The number of methoxy groups -OCH3 is 1. The lowest BCUT2D eigenvalue weighted by Crippen LogP contribution is -2.07. The van der Waals surface area contributed by atoms with Crippen LogP contribution >= 0.6 is 0 Å². The van der Waals surface area contributed by atoms with Gasteiger partial charge in [-0.25, -0.2) is 4.98 Å². The highest BCUT2D eigenvalue weighted by molar-refractivity contribution is 5.85. The van der Waals surface area contributed by atoms with E-state index >= 15 is 0 Å². The van der Waals surface area contributed by atoms with Crippen LogP contribution in [-0.4, -0.2) is 22.1 Å². The monoisotopic (exact) mass is 348 g/mol. The second kappa shape index (κ2) is 5.65. The number of anilines is 2. The highest BCUT2D eigenvalue weighted by Crippen LogP contribution is 2.45. The van der Waals surface area contributed by atoms with Gasteiger partial charge in [-0.05, 0) is 25.0 Å². The molecule has 1 aliphatic carbocycles. The molecule has 2 N–H and O–H groups in total. The number of aromatic amines is 1. The predicted molar refractivity (Wildman–Crippen MR) is 87.1 cm³/mol. The van der Waals surface area contributed by atoms with E-state index in [1.165, 1.54) is 0 Å². The summed E-state index contributed by atoms with van der Waals surface area (Å²) in [6, 6.07) is 7.21. The number of alkyl halides is 3. The third-order valence-electron chi connectivity index (χ3n) is 4.18. The van der Waals surface area contributed by atoms with E-state index in [9.17, 15) is 13.2 Å². The normalized spacial score (nSPS) is 14.7. The summed E-state index contributed by atoms with van der Waals surface area (Å²) >= 11 is 0. The largest absolute Gasteiger partial charge is 0.495 e. The van der Waals surface area contributed by atoms with Gasteiger partial charge in [-0.15, -0.1) is 0 Å². The Morgan fingerprint density at radius 2 is 1.96 bits per heavy atom. The fourth-order valence-corrected chi connectivity index (χ4v) is 2.86. The van der Waals surface area contributed by atoms with E-state index in [-0.39, 0.29) is 22.9 Å². The molecule has 0 unspecified atom stereocenters. The van der Waals surface area contributed by atoms with Gasteiger partial charge in [0.1, 0.15) is 11.4 Å². The number of rotatable bonds is 4. The van der Waals surface area contributed by atoms with Gasteiger partial charge in [-0.2, -0.15) is 18.2 Å². The van der Waals surface area contributed by atoms with E-state index in [0.717, 1.165) is 19.0 Å². The van der Waals surface area contributed by atoms with Crippen LogP contribution in [0.1, 0.15) is 30.0 Å². The van der Waals surface area contributed by atoms with Gasteiger partial charge >= 0.3 is 6.18 Å². The SMILES string of the molecule is COc1ccccc1Nc1nc(C2CC2)c2c(C(F)(F)F)c[nH]c2n1. The van der Waals surface area contributed by atoms with Crippen molar-refractivity contribution < 1.29 is 17.9 Å². The Labute approximate surface area is 141 Å². The second-order valence-electron chi connectivity index (χ2n) is 5.96. The molecule has 0 bridgehead atoms. The standard InChI is InChI=1S/C17H15F3N4O/c1-25-12-5-3-2-4-11(12)22-16-23-14(9-6-7-9)13-10(17(18,19)20)8-21-15(13)24-16/h2-5,8-9H,6-7H2,1H3,(H2,21,22,23,24). The van der Waals surface area contributed by atoms with Gasteiger partial charge in [0.2, 0.25) is 5.95 Å². The number of benzene rings is 1. The van der Waals surface area contributed by atoms with Crippen LogP contribution in [0.2, 0.25) is 0 Å². The Morgan fingerprint density at radius 3 is 2.64 bits per heavy atom. The molecule has 1 aromatic carbocycles. The molecule has 0 radical (unpaired) electrons. The van der Waals surface area contributed by atoms with Crippen molar-refractivity contribution in [3.63, 3.8) is 0 Å². The smallest absolute Gasteiger partial charge is 0.418 e. The lowest BCUT2D eigenvalue weighted by atomic mass is 10.1. The summed E-state index contributed by atoms with van der Waals surface area (Å²) in [5.74, 6) is 0.886. The second-order valence-corrected chi connectivity index (χ2v) is 5.96. The Hall–Kier alpha value is -2.77. The van der Waals surface area contributed by atoms with Gasteiger partial charge in [0.25, 0.3) is 0 Å². The summed E-state index contributed by atoms with van der Waals surface area (Å²) in [7, 11) is 1.54. The molecule has 0 aliphatic heterocycles. The molecule has 0 saturated heterocycles. The minimum atomic E-state index is -4.44. The van der Waals surface area contributed by atoms with Crippen molar-refractivity contribution in [2.75, 3.05) is 12.4 Å². The van der Waals surface area contributed by atoms with E-state index in [1.54, 1.807) is 19.2 Å². The number of ether oxygens (including phenoxy) is 1. The first-order valence-corrected chi connectivity index (χ1v) is 7.83. The summed E-state index contributed by atoms with van der Waals surface area (Å²) in [4.78, 5) is 11.2. The van der Waals surface area contributed by atoms with Crippen LogP contribution in [0.15, 0.2) is 30.5 Å². The van der Waals surface area contributed by atoms with Crippen LogP contribution < -0.4 is 10.1 Å². The number of halogens is 3. The molecule has 2 aromatic heterocycles. The number of hydrogen-bond acceptors (Lipinski definition) is 4. The lowest BCUT2D eigenvalue weighted by molar-refractivity contribution is -0.136. The number of nitrogens with one attached hydrogen (secondary N) is 2. The lowest BCUT2D eigenvalue weighted by Gasteiger charge is -2.12. The number of hydrogen-bond donors (Lipinski definition) is 2. The van der Waals surface area contributed by atoms with Crippen molar-refractivity contribution >= 4 is 22.7 Å². The minimum absolute atomic E-state index is 0.0422. The Kier molecular flexibility index (Phi) is 3.55. The van der Waals surface area contributed by atoms with E-state index in [4.69, 9.17) is 4.74 Å². The molecule has 3 aromatic rings. The van der Waals surface area contributed by atoms with Crippen LogP contribution in [0.5, 0.6) is 5.75 Å². The van der Waals surface area contributed by atoms with Crippen molar-refractivity contribution in [3.8, 4) is 5.75 Å². The molecule has 2 heterocycles. The van der Waals surface area contributed by atoms with Gasteiger partial charge < -0.3 is 15.0 Å². The maximum atomic E-state index is 13.3. The van der Waals surface area contributed by atoms with Crippen molar-refractivity contribution in [1.82, 2.24) is 15.0 Å². The molecule has 4 rings (SSSR count). The fraction of sp³-hybridized carbons (Fsp3) is 0.294. The molecule has 1 fully saturated rings. The molecular weight excluding hydrogens is 333 g/mol. The Bertz CT molecular complexity index is 931. The van der Waals surface area contributed by atoms with E-state index in [0.29, 0.717) is 17.1 Å². The van der Waals surface area contributed by atoms with Gasteiger partial charge in [0.05, 0.1) is 29.4 Å². The van der Waals surface area contributed by atoms with Gasteiger partial charge in [0, 0.05) is 12.1 Å². The van der Waals surface area contributed by atoms with Crippen molar-refractivity contribution in [2.24, 2.45) is 0 Å². The maximum absolute atomic E-state index is 13.3. The molecule has 1 saturated carbocycles. The average Bonchev–Trinajstić information content (AvgIpc) is 3.32. The molecule has 8 heteroatoms. The minimum Gasteiger partial charge on any atom is -0.495 e. The average molecular weight is 348 g/mol. The fourth-order valence-electron chi connectivity index (χ4n) is 2.86. The van der Waals surface area contributed by atoms with Crippen molar-refractivity contribution in [1.29, 1.82) is 0 Å². The first-order valence-electron chi connectivity index (χ1n) is 7.83. The van der Waals surface area contributed by atoms with E-state index in [1.807, 2.05) is 12.1 Å². The highest BCUT2D eigenvalue weighted by Gasteiger charge is 2.38. The number of H-pyrrole nitrogens is 1. The molecule has 0 atom stereocenters. The zero-order valence-corrected chi connectivity index (χ0v) is 13.3. The molecule has 25 heavy (non-hydrogen) atoms. The van der Waals surface area contributed by atoms with Crippen molar-refractivity contribution in [2.45, 2.75) is 24.9 Å². The predicted octanol–water partition coefficient (Wildman–Crippen LogP) is 4.61. The number of fused-ring (bicyclic) bond motifs is 1. The summed E-state index contributed by atoms with van der Waals surface area (Å²) in [6.07, 6.45) is -1.81. The number of aromatic nitrogens is 3. The number of para-hydroxylation sites is 2. The van der Waals surface area contributed by atoms with Crippen LogP contribution in [0.25, 0.3) is 11.0 Å². The van der Waals surface area contributed by atoms with E-state index in [2.05, 4.69) is 20.3 Å².